The maximum Gasteiger partial charge on any atom is 0.246 e. The van der Waals surface area contributed by atoms with Crippen LogP contribution in [0.25, 0.3) is 0 Å². The first-order valence-corrected chi connectivity index (χ1v) is 25.8. The van der Waals surface area contributed by atoms with E-state index in [0.717, 1.165) is 47.1 Å². The zero-order valence-corrected chi connectivity index (χ0v) is 44.4. The number of hydrogen-bond acceptors (Lipinski definition) is 11. The number of aryl methyl sites for hydroxylation is 2. The van der Waals surface area contributed by atoms with E-state index >= 15 is 9.59 Å². The van der Waals surface area contributed by atoms with Gasteiger partial charge in [0.2, 0.25) is 47.2 Å². The Hall–Kier alpha value is -6.46. The SMILES string of the molecule is CN[C@@H](C)C(=O)N[C@H](C(=O)N1C[C@@H](c2ccc3c(c2)CN(C(=O)[C@@H](NC(=O)[C@H](C)NC)C(C)(C)C)[C@H](C(=O)N[C@@H]2CCCc4ccccc42)C3)C[C@H]1C(=O)N[C@@H](Cc1ccccc1)c1nnc(C)o1)C(C)(C)C. The Morgan fingerprint density at radius 1 is 0.712 bits per heavy atom. The summed E-state index contributed by atoms with van der Waals surface area (Å²) in [6, 6.07) is 17.9. The molecule has 0 bridgehead atoms. The van der Waals surface area contributed by atoms with E-state index in [9.17, 15) is 19.2 Å². The van der Waals surface area contributed by atoms with Gasteiger partial charge in [0, 0.05) is 38.8 Å². The summed E-state index contributed by atoms with van der Waals surface area (Å²) >= 11 is 0. The van der Waals surface area contributed by atoms with Crippen molar-refractivity contribution in [1.29, 1.82) is 0 Å². The maximum atomic E-state index is 15.1. The number of carbonyl (C=O) groups excluding carboxylic acids is 6. The summed E-state index contributed by atoms with van der Waals surface area (Å²) in [5.74, 6) is -1.91. The van der Waals surface area contributed by atoms with E-state index in [2.05, 4.69) is 54.2 Å². The molecule has 1 fully saturated rings. The third-order valence-electron chi connectivity index (χ3n) is 14.9. The van der Waals surface area contributed by atoms with Crippen LogP contribution in [0.4, 0.5) is 0 Å². The molecule has 2 aliphatic heterocycles. The Balaban J connectivity index is 1.24. The minimum Gasteiger partial charge on any atom is -0.423 e. The Morgan fingerprint density at radius 3 is 1.93 bits per heavy atom. The molecule has 0 unspecified atom stereocenters. The molecule has 1 aromatic heterocycles. The third-order valence-corrected chi connectivity index (χ3v) is 14.9. The highest BCUT2D eigenvalue weighted by atomic mass is 16.4. The van der Waals surface area contributed by atoms with Crippen LogP contribution in [-0.2, 0) is 54.6 Å². The molecule has 73 heavy (non-hydrogen) atoms. The van der Waals surface area contributed by atoms with Gasteiger partial charge in [-0.3, -0.25) is 28.8 Å². The fraction of sp³-hybridized carbons (Fsp3) is 0.536. The van der Waals surface area contributed by atoms with Crippen molar-refractivity contribution in [2.45, 2.75) is 162 Å². The van der Waals surface area contributed by atoms with E-state index in [4.69, 9.17) is 4.42 Å². The van der Waals surface area contributed by atoms with Crippen molar-refractivity contribution < 1.29 is 33.2 Å². The number of amides is 6. The number of benzene rings is 3. The molecule has 1 saturated heterocycles. The average molecular weight is 1000 g/mol. The molecule has 0 saturated carbocycles. The topological polar surface area (TPSA) is 220 Å². The van der Waals surface area contributed by atoms with Crippen LogP contribution in [0, 0.1) is 17.8 Å². The lowest BCUT2D eigenvalue weighted by Gasteiger charge is -2.42. The second kappa shape index (κ2) is 22.8. The van der Waals surface area contributed by atoms with Crippen LogP contribution in [0.1, 0.15) is 138 Å². The molecule has 392 valence electrons. The standard InChI is InChI=1S/C56H76N10O7/c1-32(57-10)48(67)61-46(55(4,5)6)53(71)65-30-39-27-37(24-25-38(39)28-44(65)50(69)59-42-23-17-21-36-20-15-16-22-41(36)42)40-29-45(66(31-40)54(72)47(56(7,8)9)62-49(68)33(2)58-11)51(70)60-43(52-64-63-34(3)73-52)26-35-18-13-12-14-19-35/h12-16,18-20,22,24-25,27,32-33,40,42-47,57-58H,17,21,23,26,28-31H2,1-11H3,(H,59,69)(H,60,70)(H,61,67)(H,62,68)/t32-,33-,40-,42+,43-,44-,45-,46+,47+/m0/s1. The lowest BCUT2D eigenvalue weighted by Crippen LogP contribution is -2.62. The highest BCUT2D eigenvalue weighted by Crippen LogP contribution is 2.38. The van der Waals surface area contributed by atoms with Gasteiger partial charge in [-0.15, -0.1) is 10.2 Å². The van der Waals surface area contributed by atoms with Crippen molar-refractivity contribution in [1.82, 2.24) is 51.9 Å². The number of nitrogens with zero attached hydrogens (tertiary/aromatic N) is 4. The number of likely N-dealkylation sites (tertiary alicyclic amines) is 1. The number of nitrogens with one attached hydrogen (secondary N) is 6. The van der Waals surface area contributed by atoms with E-state index in [1.807, 2.05) is 102 Å². The van der Waals surface area contributed by atoms with Crippen LogP contribution < -0.4 is 31.9 Å². The molecule has 6 N–H and O–H groups in total. The lowest BCUT2D eigenvalue weighted by atomic mass is 9.83. The number of likely N-dealkylation sites (N-methyl/N-ethyl adjacent to an activating group) is 2. The number of hydrogen-bond donors (Lipinski definition) is 6. The molecule has 0 radical (unpaired) electrons. The van der Waals surface area contributed by atoms with Gasteiger partial charge < -0.3 is 46.1 Å². The Labute approximate surface area is 430 Å². The molecule has 6 amide bonds. The van der Waals surface area contributed by atoms with Gasteiger partial charge in [-0.25, -0.2) is 0 Å². The van der Waals surface area contributed by atoms with Crippen LogP contribution in [-0.4, -0.2) is 112 Å². The summed E-state index contributed by atoms with van der Waals surface area (Å²) in [4.78, 5) is 89.9. The van der Waals surface area contributed by atoms with Crippen molar-refractivity contribution in [3.05, 3.63) is 118 Å². The first kappa shape index (κ1) is 54.3. The van der Waals surface area contributed by atoms with Gasteiger partial charge in [0.25, 0.3) is 0 Å². The van der Waals surface area contributed by atoms with Gasteiger partial charge >= 0.3 is 0 Å². The minimum atomic E-state index is -0.982. The van der Waals surface area contributed by atoms with Crippen LogP contribution >= 0.6 is 0 Å². The predicted octanol–water partition coefficient (Wildman–Crippen LogP) is 4.89. The first-order chi connectivity index (χ1) is 34.6. The van der Waals surface area contributed by atoms with E-state index in [0.29, 0.717) is 12.3 Å². The molecule has 17 heteroatoms. The fourth-order valence-electron chi connectivity index (χ4n) is 10.3. The highest BCUT2D eigenvalue weighted by molar-refractivity contribution is 5.95. The Bertz CT molecular complexity index is 2640. The zero-order valence-electron chi connectivity index (χ0n) is 44.4. The maximum absolute atomic E-state index is 15.1. The number of carbonyl (C=O) groups is 6. The Morgan fingerprint density at radius 2 is 1.33 bits per heavy atom. The van der Waals surface area contributed by atoms with E-state index in [1.165, 1.54) is 5.56 Å². The molecule has 7 rings (SSSR count). The quantitative estimate of drug-likeness (QED) is 0.0888. The van der Waals surface area contributed by atoms with Gasteiger partial charge in [0.1, 0.15) is 30.2 Å². The van der Waals surface area contributed by atoms with Crippen LogP contribution in [0.15, 0.2) is 77.2 Å². The molecule has 1 aliphatic carbocycles. The van der Waals surface area contributed by atoms with Crippen molar-refractivity contribution in [2.75, 3.05) is 20.6 Å². The summed E-state index contributed by atoms with van der Waals surface area (Å²) in [7, 11) is 3.35. The summed E-state index contributed by atoms with van der Waals surface area (Å²) < 4.78 is 5.88. The number of aromatic nitrogens is 2. The number of fused-ring (bicyclic) bond motifs is 2. The summed E-state index contributed by atoms with van der Waals surface area (Å²) in [6.45, 7) is 16.7. The molecule has 4 aromatic rings. The monoisotopic (exact) mass is 1000 g/mol. The molecule has 17 nitrogen and oxygen atoms in total. The van der Waals surface area contributed by atoms with Crippen molar-refractivity contribution in [2.24, 2.45) is 10.8 Å². The Kier molecular flexibility index (Phi) is 16.9. The summed E-state index contributed by atoms with van der Waals surface area (Å²) in [5, 5.41) is 26.7. The van der Waals surface area contributed by atoms with Gasteiger partial charge in [0.05, 0.1) is 18.1 Å². The van der Waals surface area contributed by atoms with Crippen molar-refractivity contribution >= 4 is 35.4 Å². The zero-order chi connectivity index (χ0) is 52.9. The highest BCUT2D eigenvalue weighted by Gasteiger charge is 2.47. The molecule has 3 heterocycles. The summed E-state index contributed by atoms with van der Waals surface area (Å²) in [6.07, 6.45) is 3.45. The molecule has 3 aromatic carbocycles. The van der Waals surface area contributed by atoms with Crippen LogP contribution in [0.2, 0.25) is 0 Å². The summed E-state index contributed by atoms with van der Waals surface area (Å²) in [5.41, 5.74) is 4.31. The second-order valence-electron chi connectivity index (χ2n) is 22.4. The van der Waals surface area contributed by atoms with E-state index in [1.54, 1.807) is 44.7 Å². The minimum absolute atomic E-state index is 0.0806. The van der Waals surface area contributed by atoms with E-state index < -0.39 is 64.9 Å². The molecule has 9 atom stereocenters. The normalized spacial score (nSPS) is 20.9. The van der Waals surface area contributed by atoms with E-state index in [-0.39, 0.29) is 67.4 Å². The van der Waals surface area contributed by atoms with Gasteiger partial charge in [-0.2, -0.15) is 0 Å². The van der Waals surface area contributed by atoms with Crippen molar-refractivity contribution in [3.63, 3.8) is 0 Å². The van der Waals surface area contributed by atoms with Gasteiger partial charge in [-0.1, -0.05) is 114 Å². The predicted molar refractivity (Wildman–Crippen MR) is 277 cm³/mol. The molecular formula is C56H76N10O7. The fourth-order valence-corrected chi connectivity index (χ4v) is 10.3. The van der Waals surface area contributed by atoms with Gasteiger partial charge in [0.15, 0.2) is 0 Å². The lowest BCUT2D eigenvalue weighted by molar-refractivity contribution is -0.147. The first-order valence-electron chi connectivity index (χ1n) is 25.8. The van der Waals surface area contributed by atoms with Crippen molar-refractivity contribution in [3.8, 4) is 0 Å². The third kappa shape index (κ3) is 12.7. The van der Waals surface area contributed by atoms with Crippen LogP contribution in [0.3, 0.4) is 0 Å². The molecule has 0 spiro atoms. The largest absolute Gasteiger partial charge is 0.423 e. The molecule has 3 aliphatic rings. The average Bonchev–Trinajstić information content (AvgIpc) is 4.02. The van der Waals surface area contributed by atoms with Crippen LogP contribution in [0.5, 0.6) is 0 Å². The smallest absolute Gasteiger partial charge is 0.246 e. The van der Waals surface area contributed by atoms with Gasteiger partial charge in [-0.05, 0) is 97.8 Å². The number of rotatable bonds is 16. The second-order valence-corrected chi connectivity index (χ2v) is 22.4. The molecular weight excluding hydrogens is 925 g/mol.